The van der Waals surface area contributed by atoms with Gasteiger partial charge in [0.1, 0.15) is 0 Å². The monoisotopic (exact) mass is 273 g/mol. The van der Waals surface area contributed by atoms with Crippen molar-refractivity contribution >= 4 is 37.2 Å². The minimum absolute atomic E-state index is 0. The van der Waals surface area contributed by atoms with Gasteiger partial charge in [0.2, 0.25) is 0 Å². The van der Waals surface area contributed by atoms with Crippen molar-refractivity contribution in [1.82, 2.24) is 0 Å². The summed E-state index contributed by atoms with van der Waals surface area (Å²) < 4.78 is 0. The molecule has 1 aromatic carbocycles. The topological polar surface area (TPSA) is 78.1 Å². The van der Waals surface area contributed by atoms with Gasteiger partial charge in [0, 0.05) is 19.6 Å². The molecule has 0 radical (unpaired) electrons. The zero-order chi connectivity index (χ0) is 8.97. The second-order valence-electron chi connectivity index (χ2n) is 2.67. The maximum atomic E-state index is 5.59. The summed E-state index contributed by atoms with van der Waals surface area (Å²) in [6.07, 6.45) is 0. The third-order valence-electron chi connectivity index (χ3n) is 2.01. The SMILES string of the molecule is Cl.Cl.Cl.NCc1cccc(CN)c1CN. The van der Waals surface area contributed by atoms with Crippen molar-refractivity contribution in [2.24, 2.45) is 17.2 Å². The predicted octanol–water partition coefficient (Wildman–Crippen LogP) is 1.33. The maximum Gasteiger partial charge on any atom is 0.0184 e. The lowest BCUT2D eigenvalue weighted by Crippen LogP contribution is -2.11. The van der Waals surface area contributed by atoms with Gasteiger partial charge in [-0.05, 0) is 16.7 Å². The van der Waals surface area contributed by atoms with Crippen LogP contribution in [0.4, 0.5) is 0 Å². The van der Waals surface area contributed by atoms with Gasteiger partial charge in [0.05, 0.1) is 0 Å². The van der Waals surface area contributed by atoms with Crippen molar-refractivity contribution in [3.8, 4) is 0 Å². The van der Waals surface area contributed by atoms with Crippen LogP contribution in [0, 0.1) is 0 Å². The minimum atomic E-state index is 0. The second-order valence-corrected chi connectivity index (χ2v) is 2.67. The summed E-state index contributed by atoms with van der Waals surface area (Å²) in [5.74, 6) is 0. The summed E-state index contributed by atoms with van der Waals surface area (Å²) in [6.45, 7) is 1.57. The van der Waals surface area contributed by atoms with Gasteiger partial charge in [0.25, 0.3) is 0 Å². The van der Waals surface area contributed by atoms with Crippen molar-refractivity contribution < 1.29 is 0 Å². The van der Waals surface area contributed by atoms with Crippen molar-refractivity contribution in [3.63, 3.8) is 0 Å². The molecule has 3 nitrogen and oxygen atoms in total. The largest absolute Gasteiger partial charge is 0.326 e. The van der Waals surface area contributed by atoms with E-state index in [4.69, 9.17) is 17.2 Å². The van der Waals surface area contributed by atoms with Gasteiger partial charge in [0.15, 0.2) is 0 Å². The van der Waals surface area contributed by atoms with Gasteiger partial charge in [-0.25, -0.2) is 0 Å². The van der Waals surface area contributed by atoms with E-state index in [9.17, 15) is 0 Å². The molecule has 90 valence electrons. The Labute approximate surface area is 109 Å². The van der Waals surface area contributed by atoms with Crippen molar-refractivity contribution in [3.05, 3.63) is 34.9 Å². The molecule has 0 fully saturated rings. The summed E-state index contributed by atoms with van der Waals surface area (Å²) in [5, 5.41) is 0. The Morgan fingerprint density at radius 1 is 0.733 bits per heavy atom. The fourth-order valence-electron chi connectivity index (χ4n) is 1.33. The molecule has 0 aliphatic rings. The van der Waals surface area contributed by atoms with Crippen LogP contribution in [0.25, 0.3) is 0 Å². The van der Waals surface area contributed by atoms with E-state index < -0.39 is 0 Å². The van der Waals surface area contributed by atoms with Crippen LogP contribution in [-0.2, 0) is 19.6 Å². The van der Waals surface area contributed by atoms with Gasteiger partial charge in [-0.2, -0.15) is 0 Å². The summed E-state index contributed by atoms with van der Waals surface area (Å²) >= 11 is 0. The number of hydrogen-bond donors (Lipinski definition) is 3. The Hall–Kier alpha value is -0.0300. The molecule has 0 saturated heterocycles. The molecule has 0 heterocycles. The first-order valence-corrected chi connectivity index (χ1v) is 4.03. The maximum absolute atomic E-state index is 5.59. The summed E-state index contributed by atoms with van der Waals surface area (Å²) in [4.78, 5) is 0. The first-order valence-electron chi connectivity index (χ1n) is 4.03. The van der Waals surface area contributed by atoms with Crippen LogP contribution in [-0.4, -0.2) is 0 Å². The minimum Gasteiger partial charge on any atom is -0.326 e. The summed E-state index contributed by atoms with van der Waals surface area (Å²) in [6, 6.07) is 5.94. The quantitative estimate of drug-likeness (QED) is 0.778. The molecule has 0 aliphatic heterocycles. The summed E-state index contributed by atoms with van der Waals surface area (Å²) in [5.41, 5.74) is 20.0. The standard InChI is InChI=1S/C9H15N3.3ClH/c10-4-7-2-1-3-8(5-11)9(7)6-12;;;/h1-3H,4-6,10-12H2;3*1H. The Morgan fingerprint density at radius 3 is 1.40 bits per heavy atom. The molecule has 0 unspecified atom stereocenters. The van der Waals surface area contributed by atoms with Crippen LogP contribution in [0.3, 0.4) is 0 Å². The highest BCUT2D eigenvalue weighted by molar-refractivity contribution is 5.86. The molecule has 0 atom stereocenters. The van der Waals surface area contributed by atoms with E-state index in [1.165, 1.54) is 0 Å². The van der Waals surface area contributed by atoms with Crippen molar-refractivity contribution in [2.75, 3.05) is 0 Å². The van der Waals surface area contributed by atoms with Crippen LogP contribution in [0.15, 0.2) is 18.2 Å². The number of rotatable bonds is 3. The molecule has 0 bridgehead atoms. The molecule has 0 aromatic heterocycles. The Bertz CT molecular complexity index is 247. The fourth-order valence-corrected chi connectivity index (χ4v) is 1.33. The van der Waals surface area contributed by atoms with E-state index in [0.717, 1.165) is 16.7 Å². The van der Waals surface area contributed by atoms with E-state index in [2.05, 4.69) is 0 Å². The molecule has 1 rings (SSSR count). The van der Waals surface area contributed by atoms with Crippen LogP contribution < -0.4 is 17.2 Å². The Morgan fingerprint density at radius 2 is 1.13 bits per heavy atom. The average molecular weight is 275 g/mol. The molecular formula is C9H18Cl3N3. The molecule has 6 heteroatoms. The summed E-state index contributed by atoms with van der Waals surface area (Å²) in [7, 11) is 0. The van der Waals surface area contributed by atoms with E-state index in [1.807, 2.05) is 18.2 Å². The number of halogens is 3. The van der Waals surface area contributed by atoms with Gasteiger partial charge < -0.3 is 17.2 Å². The molecule has 1 aromatic rings. The zero-order valence-corrected chi connectivity index (χ0v) is 10.8. The molecule has 0 saturated carbocycles. The van der Waals surface area contributed by atoms with Gasteiger partial charge in [-0.1, -0.05) is 18.2 Å². The molecule has 0 spiro atoms. The van der Waals surface area contributed by atoms with Crippen molar-refractivity contribution in [2.45, 2.75) is 19.6 Å². The molecule has 0 amide bonds. The third-order valence-corrected chi connectivity index (χ3v) is 2.01. The highest BCUT2D eigenvalue weighted by Crippen LogP contribution is 2.13. The first kappa shape index (κ1) is 20.4. The second kappa shape index (κ2) is 10.5. The van der Waals surface area contributed by atoms with E-state index >= 15 is 0 Å². The lowest BCUT2D eigenvalue weighted by molar-refractivity contribution is 0.929. The van der Waals surface area contributed by atoms with Crippen molar-refractivity contribution in [1.29, 1.82) is 0 Å². The highest BCUT2D eigenvalue weighted by atomic mass is 35.5. The number of nitrogens with two attached hydrogens (primary N) is 3. The van der Waals surface area contributed by atoms with E-state index in [1.54, 1.807) is 0 Å². The number of hydrogen-bond acceptors (Lipinski definition) is 3. The molecule has 6 N–H and O–H groups in total. The smallest absolute Gasteiger partial charge is 0.0184 e. The lowest BCUT2D eigenvalue weighted by atomic mass is 10.0. The Kier molecular flexibility index (Phi) is 14.3. The predicted molar refractivity (Wildman–Crippen MR) is 71.9 cm³/mol. The highest BCUT2D eigenvalue weighted by Gasteiger charge is 2.02. The fraction of sp³-hybridized carbons (Fsp3) is 0.333. The van der Waals surface area contributed by atoms with E-state index in [-0.39, 0.29) is 37.2 Å². The van der Waals surface area contributed by atoms with Crippen LogP contribution >= 0.6 is 37.2 Å². The van der Waals surface area contributed by atoms with Gasteiger partial charge in [-0.15, -0.1) is 37.2 Å². The molecule has 15 heavy (non-hydrogen) atoms. The molecule has 0 aliphatic carbocycles. The van der Waals surface area contributed by atoms with Gasteiger partial charge in [-0.3, -0.25) is 0 Å². The van der Waals surface area contributed by atoms with Crippen LogP contribution in [0.1, 0.15) is 16.7 Å². The number of benzene rings is 1. The normalized spacial score (nSPS) is 8.20. The first-order chi connectivity index (χ1) is 5.83. The van der Waals surface area contributed by atoms with E-state index in [0.29, 0.717) is 19.6 Å². The zero-order valence-electron chi connectivity index (χ0n) is 8.31. The average Bonchev–Trinajstić information content (AvgIpc) is 2.16. The third kappa shape index (κ3) is 5.02. The van der Waals surface area contributed by atoms with Crippen LogP contribution in [0.2, 0.25) is 0 Å². The lowest BCUT2D eigenvalue weighted by Gasteiger charge is -2.09. The van der Waals surface area contributed by atoms with Gasteiger partial charge >= 0.3 is 0 Å². The molecular weight excluding hydrogens is 256 g/mol. The Balaban J connectivity index is -0.000000480. The van der Waals surface area contributed by atoms with Crippen LogP contribution in [0.5, 0.6) is 0 Å².